The molecular formula is C22H32N4O2. The summed E-state index contributed by atoms with van der Waals surface area (Å²) in [4.78, 5) is 22.2. The molecule has 0 saturated carbocycles. The molecule has 2 atom stereocenters. The zero-order valence-corrected chi connectivity index (χ0v) is 17.6. The lowest BCUT2D eigenvalue weighted by molar-refractivity contribution is 0.0216. The predicted molar refractivity (Wildman–Crippen MR) is 112 cm³/mol. The van der Waals surface area contributed by atoms with E-state index in [9.17, 15) is 4.79 Å². The molecule has 28 heavy (non-hydrogen) atoms. The number of furan rings is 1. The Morgan fingerprint density at radius 2 is 1.93 bits per heavy atom. The molecule has 1 amide bonds. The molecule has 6 heteroatoms. The summed E-state index contributed by atoms with van der Waals surface area (Å²) in [5, 5.41) is 4.23. The van der Waals surface area contributed by atoms with Crippen LogP contribution in [0.3, 0.4) is 0 Å². The van der Waals surface area contributed by atoms with Gasteiger partial charge >= 0.3 is 0 Å². The highest BCUT2D eigenvalue weighted by Crippen LogP contribution is 2.33. The highest BCUT2D eigenvalue weighted by molar-refractivity contribution is 5.99. The summed E-state index contributed by atoms with van der Waals surface area (Å²) >= 11 is 0. The number of piperidine rings is 3. The van der Waals surface area contributed by atoms with E-state index in [0.717, 1.165) is 24.2 Å². The van der Waals surface area contributed by atoms with Crippen LogP contribution in [0, 0.1) is 5.92 Å². The van der Waals surface area contributed by atoms with E-state index in [-0.39, 0.29) is 11.9 Å². The minimum absolute atomic E-state index is 0.0831. The van der Waals surface area contributed by atoms with Gasteiger partial charge < -0.3 is 14.6 Å². The third kappa shape index (κ3) is 3.28. The number of fused-ring (bicyclic) bond motifs is 4. The Balaban J connectivity index is 1.60. The largest absolute Gasteiger partial charge is 0.460 e. The second kappa shape index (κ2) is 7.39. The van der Waals surface area contributed by atoms with Gasteiger partial charge in [-0.1, -0.05) is 0 Å². The predicted octanol–water partition coefficient (Wildman–Crippen LogP) is 3.66. The molecule has 3 aliphatic rings. The molecule has 5 rings (SSSR count). The van der Waals surface area contributed by atoms with Gasteiger partial charge in [-0.05, 0) is 72.5 Å². The first kappa shape index (κ1) is 19.2. The molecule has 3 saturated heterocycles. The molecule has 0 spiro atoms. The molecule has 3 fully saturated rings. The number of hydrogen-bond acceptors (Lipinski definition) is 5. The monoisotopic (exact) mass is 384 g/mol. The molecular weight excluding hydrogens is 352 g/mol. The van der Waals surface area contributed by atoms with Crippen LogP contribution in [-0.2, 0) is 0 Å². The molecule has 152 valence electrons. The molecule has 0 aliphatic carbocycles. The van der Waals surface area contributed by atoms with Crippen LogP contribution in [0.5, 0.6) is 0 Å². The van der Waals surface area contributed by atoms with Gasteiger partial charge in [0, 0.05) is 29.6 Å². The standard InChI is InChI=1S/C22H32N4O2/c1-13(2)26(14(3)4)19-12-28-20-11-23-18(10-17(19)20)22(27)24-21-15(5)25-8-6-16(21)7-9-25/h10-16,21H,6-9H2,1-5H3,(H,24,27)/t15-,21-/m0/s1. The van der Waals surface area contributed by atoms with Crippen molar-refractivity contribution in [2.45, 2.75) is 71.6 Å². The Kier molecular flexibility index (Phi) is 5.08. The van der Waals surface area contributed by atoms with Crippen LogP contribution in [0.15, 0.2) is 22.9 Å². The van der Waals surface area contributed by atoms with Gasteiger partial charge in [0.1, 0.15) is 12.0 Å². The van der Waals surface area contributed by atoms with Gasteiger partial charge in [0.05, 0.1) is 11.9 Å². The lowest BCUT2D eigenvalue weighted by Gasteiger charge is -2.49. The Bertz CT molecular complexity index is 841. The molecule has 0 aromatic carbocycles. The van der Waals surface area contributed by atoms with Gasteiger partial charge in [-0.25, -0.2) is 4.98 Å². The van der Waals surface area contributed by atoms with Gasteiger partial charge in [-0.15, -0.1) is 0 Å². The van der Waals surface area contributed by atoms with Crippen molar-refractivity contribution >= 4 is 22.6 Å². The third-order valence-corrected chi connectivity index (χ3v) is 6.54. The normalized spacial score (nSPS) is 27.0. The second-order valence-corrected chi connectivity index (χ2v) is 8.89. The van der Waals surface area contributed by atoms with Crippen molar-refractivity contribution in [2.75, 3.05) is 18.0 Å². The number of carbonyl (C=O) groups is 1. The summed E-state index contributed by atoms with van der Waals surface area (Å²) in [6.07, 6.45) is 5.80. The second-order valence-electron chi connectivity index (χ2n) is 8.89. The van der Waals surface area contributed by atoms with Crippen LogP contribution >= 0.6 is 0 Å². The van der Waals surface area contributed by atoms with Crippen molar-refractivity contribution in [3.05, 3.63) is 24.2 Å². The summed E-state index contributed by atoms with van der Waals surface area (Å²) in [5.41, 5.74) is 2.20. The fraction of sp³-hybridized carbons (Fsp3) is 0.636. The highest BCUT2D eigenvalue weighted by Gasteiger charge is 2.40. The van der Waals surface area contributed by atoms with E-state index in [2.05, 4.69) is 54.7 Å². The van der Waals surface area contributed by atoms with Crippen molar-refractivity contribution < 1.29 is 9.21 Å². The zero-order chi connectivity index (χ0) is 20.0. The molecule has 0 unspecified atom stereocenters. The van der Waals surface area contributed by atoms with Crippen molar-refractivity contribution in [1.82, 2.24) is 15.2 Å². The van der Waals surface area contributed by atoms with E-state index in [1.807, 2.05) is 6.07 Å². The number of anilines is 1. The number of nitrogens with zero attached hydrogens (tertiary/aromatic N) is 3. The average molecular weight is 385 g/mol. The van der Waals surface area contributed by atoms with Gasteiger partial charge in [-0.3, -0.25) is 9.69 Å². The minimum Gasteiger partial charge on any atom is -0.460 e. The van der Waals surface area contributed by atoms with Crippen LogP contribution in [-0.4, -0.2) is 53.0 Å². The number of nitrogens with one attached hydrogen (secondary N) is 1. The third-order valence-electron chi connectivity index (χ3n) is 6.54. The molecule has 3 aliphatic heterocycles. The smallest absolute Gasteiger partial charge is 0.270 e. The van der Waals surface area contributed by atoms with E-state index in [4.69, 9.17) is 4.42 Å². The fourth-order valence-electron chi connectivity index (χ4n) is 5.17. The lowest BCUT2D eigenvalue weighted by atomic mass is 9.79. The first-order chi connectivity index (χ1) is 13.4. The molecule has 2 aromatic heterocycles. The summed E-state index contributed by atoms with van der Waals surface area (Å²) in [5.74, 6) is 0.495. The van der Waals surface area contributed by atoms with E-state index in [1.54, 1.807) is 12.5 Å². The SMILES string of the molecule is CC(C)N(c1coc2cnc(C(=O)N[C@@H]3C4CCN(CC4)[C@H]3C)cc12)C(C)C. The topological polar surface area (TPSA) is 61.6 Å². The van der Waals surface area contributed by atoms with E-state index < -0.39 is 0 Å². The van der Waals surface area contributed by atoms with Crippen molar-refractivity contribution in [3.8, 4) is 0 Å². The summed E-state index contributed by atoms with van der Waals surface area (Å²) < 4.78 is 5.73. The molecule has 1 N–H and O–H groups in total. The van der Waals surface area contributed by atoms with Crippen LogP contribution < -0.4 is 10.2 Å². The quantitative estimate of drug-likeness (QED) is 0.852. The summed E-state index contributed by atoms with van der Waals surface area (Å²) in [7, 11) is 0. The zero-order valence-electron chi connectivity index (χ0n) is 17.6. The Labute approximate surface area is 167 Å². The van der Waals surface area contributed by atoms with Gasteiger partial charge in [0.25, 0.3) is 5.91 Å². The Morgan fingerprint density at radius 1 is 1.25 bits per heavy atom. The van der Waals surface area contributed by atoms with E-state index in [0.29, 0.717) is 35.3 Å². The van der Waals surface area contributed by atoms with Crippen molar-refractivity contribution in [3.63, 3.8) is 0 Å². The summed E-state index contributed by atoms with van der Waals surface area (Å²) in [6.45, 7) is 13.2. The maximum Gasteiger partial charge on any atom is 0.270 e. The number of carbonyl (C=O) groups excluding carboxylic acids is 1. The van der Waals surface area contributed by atoms with Crippen molar-refractivity contribution in [1.29, 1.82) is 0 Å². The molecule has 0 radical (unpaired) electrons. The van der Waals surface area contributed by atoms with E-state index >= 15 is 0 Å². The molecule has 5 heterocycles. The van der Waals surface area contributed by atoms with Crippen molar-refractivity contribution in [2.24, 2.45) is 5.92 Å². The highest BCUT2D eigenvalue weighted by atomic mass is 16.3. The molecule has 2 bridgehead atoms. The van der Waals surface area contributed by atoms with Gasteiger partial charge in [-0.2, -0.15) is 0 Å². The van der Waals surface area contributed by atoms with Gasteiger partial charge in [0.2, 0.25) is 0 Å². The number of hydrogen-bond donors (Lipinski definition) is 1. The maximum absolute atomic E-state index is 13.0. The Morgan fingerprint density at radius 3 is 2.54 bits per heavy atom. The average Bonchev–Trinajstić information content (AvgIpc) is 3.07. The lowest BCUT2D eigenvalue weighted by Crippen LogP contribution is -2.62. The van der Waals surface area contributed by atoms with Crippen LogP contribution in [0.25, 0.3) is 11.0 Å². The number of rotatable bonds is 5. The maximum atomic E-state index is 13.0. The fourth-order valence-corrected chi connectivity index (χ4v) is 5.17. The number of aromatic nitrogens is 1. The van der Waals surface area contributed by atoms with Gasteiger partial charge in [0.15, 0.2) is 5.58 Å². The number of pyridine rings is 1. The summed E-state index contributed by atoms with van der Waals surface area (Å²) in [6, 6.07) is 3.15. The molecule has 6 nitrogen and oxygen atoms in total. The first-order valence-corrected chi connectivity index (χ1v) is 10.6. The number of amides is 1. The minimum atomic E-state index is -0.0831. The molecule has 2 aromatic rings. The van der Waals surface area contributed by atoms with E-state index in [1.165, 1.54) is 12.8 Å². The van der Waals surface area contributed by atoms with Crippen LogP contribution in [0.1, 0.15) is 57.9 Å². The van der Waals surface area contributed by atoms with Crippen LogP contribution in [0.2, 0.25) is 0 Å². The Hall–Kier alpha value is -2.08. The van der Waals surface area contributed by atoms with Crippen LogP contribution in [0.4, 0.5) is 5.69 Å². The first-order valence-electron chi connectivity index (χ1n) is 10.6.